The van der Waals surface area contributed by atoms with Gasteiger partial charge in [-0.2, -0.15) is 10.5 Å². The van der Waals surface area contributed by atoms with Crippen molar-refractivity contribution in [1.29, 1.82) is 10.5 Å². The molecule has 0 saturated heterocycles. The number of hydrogen-bond acceptors (Lipinski definition) is 10. The van der Waals surface area contributed by atoms with E-state index in [0.717, 1.165) is 16.9 Å². The molecule has 0 amide bonds. The second kappa shape index (κ2) is 12.2. The molecule has 1 aromatic heterocycles. The van der Waals surface area contributed by atoms with E-state index >= 15 is 0 Å². The first-order chi connectivity index (χ1) is 18.9. The van der Waals surface area contributed by atoms with E-state index in [1.54, 1.807) is 32.0 Å². The number of Topliss-reactive ketones (excluding diaryl/α,β-unsaturated/α-hetero) is 1. The quantitative estimate of drug-likeness (QED) is 0.194. The van der Waals surface area contributed by atoms with Crippen molar-refractivity contribution < 1.29 is 33.3 Å². The molecule has 1 aliphatic rings. The fraction of sp³-hybridized carbons (Fsp3) is 0.241. The van der Waals surface area contributed by atoms with E-state index in [0.29, 0.717) is 39.0 Å². The summed E-state index contributed by atoms with van der Waals surface area (Å²) in [5.74, 6) is 1.24. The third kappa shape index (κ3) is 6.03. The summed E-state index contributed by atoms with van der Waals surface area (Å²) in [4.78, 5) is 25.9. The third-order valence-corrected chi connectivity index (χ3v) is 7.14. The van der Waals surface area contributed by atoms with Crippen LogP contribution in [-0.4, -0.2) is 32.3 Å². The molecule has 0 radical (unpaired) electrons. The summed E-state index contributed by atoms with van der Waals surface area (Å²) < 4.78 is 27.2. The SMILES string of the molecule is CCOC(=O)c1sc(CC(=O)/C(C#N)=C/c2ccc(OCc3ccc4c(c3)OCO4)c(OC)c2)c(C#N)c1C. The molecule has 2 heterocycles. The first-order valence-corrected chi connectivity index (χ1v) is 12.7. The van der Waals surface area contributed by atoms with Crippen molar-refractivity contribution in [2.24, 2.45) is 0 Å². The van der Waals surface area contributed by atoms with Crippen LogP contribution < -0.4 is 18.9 Å². The number of thiophene rings is 1. The minimum absolute atomic E-state index is 0.0984. The molecule has 39 heavy (non-hydrogen) atoms. The van der Waals surface area contributed by atoms with Crippen LogP contribution in [0.25, 0.3) is 6.08 Å². The Kier molecular flexibility index (Phi) is 8.50. The van der Waals surface area contributed by atoms with Gasteiger partial charge in [-0.1, -0.05) is 12.1 Å². The molecule has 4 rings (SSSR count). The van der Waals surface area contributed by atoms with Crippen molar-refractivity contribution in [1.82, 2.24) is 0 Å². The molecule has 9 nitrogen and oxygen atoms in total. The number of carbonyl (C=O) groups excluding carboxylic acids is 2. The fourth-order valence-corrected chi connectivity index (χ4v) is 5.05. The van der Waals surface area contributed by atoms with Crippen LogP contribution in [-0.2, 0) is 22.6 Å². The Labute approximate surface area is 229 Å². The maximum atomic E-state index is 13.0. The number of ether oxygens (including phenoxy) is 5. The van der Waals surface area contributed by atoms with Crippen molar-refractivity contribution in [2.45, 2.75) is 26.9 Å². The normalized spacial score (nSPS) is 11.9. The summed E-state index contributed by atoms with van der Waals surface area (Å²) in [6.07, 6.45) is 1.26. The zero-order valence-electron chi connectivity index (χ0n) is 21.5. The van der Waals surface area contributed by atoms with Crippen LogP contribution in [0.1, 0.15) is 43.7 Å². The summed E-state index contributed by atoms with van der Waals surface area (Å²) in [7, 11) is 1.50. The second-order valence-electron chi connectivity index (χ2n) is 8.34. The number of methoxy groups -OCH3 is 1. The van der Waals surface area contributed by atoms with Crippen LogP contribution in [0.4, 0.5) is 0 Å². The fourth-order valence-electron chi connectivity index (χ4n) is 3.90. The lowest BCUT2D eigenvalue weighted by Gasteiger charge is -2.12. The van der Waals surface area contributed by atoms with Gasteiger partial charge in [-0.3, -0.25) is 4.79 Å². The van der Waals surface area contributed by atoms with Crippen molar-refractivity contribution >= 4 is 29.2 Å². The van der Waals surface area contributed by atoms with Crippen LogP contribution in [0.2, 0.25) is 0 Å². The number of esters is 1. The van der Waals surface area contributed by atoms with Gasteiger partial charge in [0, 0.05) is 11.3 Å². The number of nitrogens with zero attached hydrogens (tertiary/aromatic N) is 2. The van der Waals surface area contributed by atoms with Gasteiger partial charge in [-0.15, -0.1) is 11.3 Å². The highest BCUT2D eigenvalue weighted by atomic mass is 32.1. The second-order valence-corrected chi connectivity index (χ2v) is 9.45. The van der Waals surface area contributed by atoms with E-state index in [1.807, 2.05) is 24.3 Å². The Morgan fingerprint density at radius 3 is 2.62 bits per heavy atom. The molecule has 0 spiro atoms. The minimum atomic E-state index is -0.542. The monoisotopic (exact) mass is 544 g/mol. The van der Waals surface area contributed by atoms with Crippen LogP contribution >= 0.6 is 11.3 Å². The van der Waals surface area contributed by atoms with E-state index < -0.39 is 11.8 Å². The predicted octanol–water partition coefficient (Wildman–Crippen LogP) is 5.14. The lowest BCUT2D eigenvalue weighted by atomic mass is 10.0. The van der Waals surface area contributed by atoms with Crippen LogP contribution in [0.3, 0.4) is 0 Å². The zero-order chi connectivity index (χ0) is 27.9. The topological polar surface area (TPSA) is 128 Å². The molecule has 10 heteroatoms. The highest BCUT2D eigenvalue weighted by molar-refractivity contribution is 7.14. The number of fused-ring (bicyclic) bond motifs is 1. The highest BCUT2D eigenvalue weighted by Crippen LogP contribution is 2.34. The van der Waals surface area contributed by atoms with E-state index in [9.17, 15) is 20.1 Å². The number of allylic oxidation sites excluding steroid dienone is 1. The van der Waals surface area contributed by atoms with Crippen LogP contribution in [0.15, 0.2) is 42.0 Å². The van der Waals surface area contributed by atoms with E-state index in [-0.39, 0.29) is 42.4 Å². The molecule has 198 valence electrons. The molecular weight excluding hydrogens is 520 g/mol. The lowest BCUT2D eigenvalue weighted by molar-refractivity contribution is -0.114. The molecule has 0 bridgehead atoms. The number of rotatable bonds is 10. The number of carbonyl (C=O) groups is 2. The summed E-state index contributed by atoms with van der Waals surface area (Å²) in [5, 5.41) is 19.3. The first kappa shape index (κ1) is 27.2. The van der Waals surface area contributed by atoms with Crippen molar-refractivity contribution in [3.63, 3.8) is 0 Å². The van der Waals surface area contributed by atoms with Gasteiger partial charge in [0.2, 0.25) is 6.79 Å². The van der Waals surface area contributed by atoms with Gasteiger partial charge in [-0.25, -0.2) is 4.79 Å². The largest absolute Gasteiger partial charge is 0.493 e. The van der Waals surface area contributed by atoms with Gasteiger partial charge in [0.25, 0.3) is 0 Å². The molecule has 0 fully saturated rings. The molecule has 0 N–H and O–H groups in total. The molecule has 3 aromatic rings. The molecule has 2 aromatic carbocycles. The first-order valence-electron chi connectivity index (χ1n) is 11.9. The standard InChI is InChI=1S/C29H24N2O7S/c1-4-35-29(33)28-17(2)21(14-31)27(39-28)12-22(32)20(13-30)9-18-5-7-23(25(10-18)34-3)36-15-19-6-8-24-26(11-19)38-16-37-24/h5-11H,4,12,15-16H2,1-3H3/b20-9+. The Morgan fingerprint density at radius 2 is 1.90 bits per heavy atom. The Morgan fingerprint density at radius 1 is 1.10 bits per heavy atom. The summed E-state index contributed by atoms with van der Waals surface area (Å²) in [5.41, 5.74) is 2.06. The van der Waals surface area contributed by atoms with E-state index in [2.05, 4.69) is 6.07 Å². The third-order valence-electron chi connectivity index (χ3n) is 5.86. The van der Waals surface area contributed by atoms with Crippen molar-refractivity contribution in [2.75, 3.05) is 20.5 Å². The van der Waals surface area contributed by atoms with Crippen LogP contribution in [0, 0.1) is 29.6 Å². The molecule has 0 saturated carbocycles. The zero-order valence-corrected chi connectivity index (χ0v) is 22.3. The molecule has 0 unspecified atom stereocenters. The van der Waals surface area contributed by atoms with Gasteiger partial charge in [-0.05, 0) is 60.9 Å². The molecule has 0 aliphatic carbocycles. The average Bonchev–Trinajstić information content (AvgIpc) is 3.54. The number of ketones is 1. The van der Waals surface area contributed by atoms with Gasteiger partial charge < -0.3 is 23.7 Å². The predicted molar refractivity (Wildman–Crippen MR) is 142 cm³/mol. The van der Waals surface area contributed by atoms with Gasteiger partial charge in [0.05, 0.1) is 24.9 Å². The highest BCUT2D eigenvalue weighted by Gasteiger charge is 2.23. The van der Waals surface area contributed by atoms with E-state index in [4.69, 9.17) is 23.7 Å². The molecular formula is C29H24N2O7S. The van der Waals surface area contributed by atoms with Gasteiger partial charge in [0.1, 0.15) is 23.6 Å². The van der Waals surface area contributed by atoms with E-state index in [1.165, 1.54) is 13.2 Å². The smallest absolute Gasteiger partial charge is 0.348 e. The summed E-state index contributed by atoms with van der Waals surface area (Å²) in [6, 6.07) is 14.6. The Balaban J connectivity index is 1.50. The Bertz CT molecular complexity index is 1540. The maximum Gasteiger partial charge on any atom is 0.348 e. The molecule has 0 atom stereocenters. The van der Waals surface area contributed by atoms with Crippen molar-refractivity contribution in [3.8, 4) is 35.1 Å². The minimum Gasteiger partial charge on any atom is -0.493 e. The number of nitriles is 2. The lowest BCUT2D eigenvalue weighted by Crippen LogP contribution is -2.05. The number of hydrogen-bond donors (Lipinski definition) is 0. The summed E-state index contributed by atoms with van der Waals surface area (Å²) in [6.45, 7) is 3.97. The summed E-state index contributed by atoms with van der Waals surface area (Å²) >= 11 is 1.03. The average molecular weight is 545 g/mol. The van der Waals surface area contributed by atoms with Gasteiger partial charge >= 0.3 is 5.97 Å². The van der Waals surface area contributed by atoms with Crippen LogP contribution in [0.5, 0.6) is 23.0 Å². The Hall–Kier alpha value is -4.80. The van der Waals surface area contributed by atoms with Crippen molar-refractivity contribution in [3.05, 3.63) is 74.0 Å². The number of benzene rings is 2. The molecule has 1 aliphatic heterocycles. The maximum absolute atomic E-state index is 13.0. The van der Waals surface area contributed by atoms with Gasteiger partial charge in [0.15, 0.2) is 28.8 Å².